The fraction of sp³-hybridized carbons (Fsp3) is 1.00. The summed E-state index contributed by atoms with van der Waals surface area (Å²) in [5, 5.41) is 8.69. The summed E-state index contributed by atoms with van der Waals surface area (Å²) < 4.78 is 39.9. The van der Waals surface area contributed by atoms with Gasteiger partial charge in [0.25, 0.3) is 0 Å². The Morgan fingerprint density at radius 2 is 2.08 bits per heavy atom. The summed E-state index contributed by atoms with van der Waals surface area (Å²) in [6.07, 6.45) is -6.69. The summed E-state index contributed by atoms with van der Waals surface area (Å²) in [7, 11) is 0. The molecule has 1 N–H and O–H groups in total. The van der Waals surface area contributed by atoms with Gasteiger partial charge in [0.2, 0.25) is 0 Å². The first-order valence-electron chi connectivity index (χ1n) is 3.44. The summed E-state index contributed by atoms with van der Waals surface area (Å²) in [4.78, 5) is 0. The van der Waals surface area contributed by atoms with Crippen LogP contribution in [0.15, 0.2) is 0 Å². The number of hydrogen-bond acceptors (Lipinski definition) is 3. The average molecular weight is 202 g/mol. The van der Waals surface area contributed by atoms with Gasteiger partial charge >= 0.3 is 6.18 Å². The highest BCUT2D eigenvalue weighted by Gasteiger charge is 2.38. The van der Waals surface area contributed by atoms with Crippen molar-refractivity contribution in [3.8, 4) is 0 Å². The topological polar surface area (TPSA) is 29.5 Å². The van der Waals surface area contributed by atoms with Crippen molar-refractivity contribution in [3.05, 3.63) is 0 Å². The van der Waals surface area contributed by atoms with E-state index in [0.29, 0.717) is 13.2 Å². The van der Waals surface area contributed by atoms with Crippen LogP contribution in [0.3, 0.4) is 0 Å². The van der Waals surface area contributed by atoms with E-state index in [0.717, 1.165) is 11.8 Å². The summed E-state index contributed by atoms with van der Waals surface area (Å²) >= 11 is 1.10. The van der Waals surface area contributed by atoms with Crippen LogP contribution >= 0.6 is 11.8 Å². The molecule has 0 spiro atoms. The van der Waals surface area contributed by atoms with Crippen LogP contribution in [0.2, 0.25) is 0 Å². The second kappa shape index (κ2) is 3.85. The molecule has 0 radical (unpaired) electrons. The van der Waals surface area contributed by atoms with E-state index < -0.39 is 12.3 Å². The highest BCUT2D eigenvalue weighted by Crippen LogP contribution is 2.26. The summed E-state index contributed by atoms with van der Waals surface area (Å²) in [5.41, 5.74) is 0. The van der Waals surface area contributed by atoms with Crippen LogP contribution in [0.1, 0.15) is 0 Å². The molecular weight excluding hydrogens is 193 g/mol. The minimum atomic E-state index is -4.49. The molecule has 0 aromatic heterocycles. The van der Waals surface area contributed by atoms with Crippen molar-refractivity contribution in [1.29, 1.82) is 0 Å². The molecule has 72 valence electrons. The number of hydrogen-bond donors (Lipinski definition) is 1. The highest BCUT2D eigenvalue weighted by atomic mass is 32.2. The Bertz CT molecular complexity index is 146. The molecular formula is C6H9F3O2S. The Kier molecular flexibility index (Phi) is 3.25. The second-order valence-corrected chi connectivity index (χ2v) is 3.88. The van der Waals surface area contributed by atoms with Gasteiger partial charge in [0.15, 0.2) is 6.10 Å². The standard InChI is InChI=1S/C6H9F3O2S/c7-6(8,9)5(10)3-12-4-1-11-2-4/h4-5,10H,1-3H2. The molecule has 1 unspecified atom stereocenters. The van der Waals surface area contributed by atoms with Crippen molar-refractivity contribution in [2.75, 3.05) is 19.0 Å². The maximum absolute atomic E-state index is 11.7. The third-order valence-corrected chi connectivity index (χ3v) is 2.73. The Hall–Kier alpha value is 0.0600. The zero-order chi connectivity index (χ0) is 9.19. The van der Waals surface area contributed by atoms with Crippen LogP contribution in [-0.4, -0.2) is 41.6 Å². The molecule has 6 heteroatoms. The molecule has 1 rings (SSSR count). The van der Waals surface area contributed by atoms with Crippen molar-refractivity contribution < 1.29 is 23.0 Å². The van der Waals surface area contributed by atoms with Gasteiger partial charge in [-0.25, -0.2) is 0 Å². The van der Waals surface area contributed by atoms with Gasteiger partial charge in [-0.2, -0.15) is 24.9 Å². The van der Waals surface area contributed by atoms with Gasteiger partial charge in [0.05, 0.1) is 18.5 Å². The molecule has 1 fully saturated rings. The predicted molar refractivity (Wildman–Crippen MR) is 39.1 cm³/mol. The molecule has 1 heterocycles. The van der Waals surface area contributed by atoms with Gasteiger partial charge in [-0.1, -0.05) is 0 Å². The van der Waals surface area contributed by atoms with Gasteiger partial charge in [0.1, 0.15) is 0 Å². The molecule has 0 aliphatic carbocycles. The Morgan fingerprint density at radius 3 is 2.42 bits per heavy atom. The lowest BCUT2D eigenvalue weighted by molar-refractivity contribution is -0.195. The molecule has 1 saturated heterocycles. The highest BCUT2D eigenvalue weighted by molar-refractivity contribution is 8.00. The SMILES string of the molecule is OC(CSC1COC1)C(F)(F)F. The monoisotopic (exact) mass is 202 g/mol. The maximum atomic E-state index is 11.7. The van der Waals surface area contributed by atoms with Crippen LogP contribution in [0.25, 0.3) is 0 Å². The van der Waals surface area contributed by atoms with Gasteiger partial charge < -0.3 is 9.84 Å². The van der Waals surface area contributed by atoms with Crippen molar-refractivity contribution in [2.24, 2.45) is 0 Å². The molecule has 0 saturated carbocycles. The first kappa shape index (κ1) is 10.1. The summed E-state index contributed by atoms with van der Waals surface area (Å²) in [5.74, 6) is -0.294. The lowest BCUT2D eigenvalue weighted by Gasteiger charge is -2.26. The summed E-state index contributed by atoms with van der Waals surface area (Å²) in [6.45, 7) is 0.991. The molecule has 1 aliphatic heterocycles. The van der Waals surface area contributed by atoms with Gasteiger partial charge in [-0.15, -0.1) is 0 Å². The van der Waals surface area contributed by atoms with Crippen molar-refractivity contribution in [2.45, 2.75) is 17.5 Å². The average Bonchev–Trinajstić information content (AvgIpc) is 1.81. The normalized spacial score (nSPS) is 22.0. The first-order valence-corrected chi connectivity index (χ1v) is 4.49. The smallest absolute Gasteiger partial charge is 0.383 e. The van der Waals surface area contributed by atoms with E-state index >= 15 is 0 Å². The minimum Gasteiger partial charge on any atom is -0.383 e. The Morgan fingerprint density at radius 1 is 1.50 bits per heavy atom. The Labute approximate surface area is 72.1 Å². The van der Waals surface area contributed by atoms with Crippen LogP contribution < -0.4 is 0 Å². The maximum Gasteiger partial charge on any atom is 0.415 e. The van der Waals surface area contributed by atoms with Crippen LogP contribution in [0.5, 0.6) is 0 Å². The zero-order valence-electron chi connectivity index (χ0n) is 6.17. The van der Waals surface area contributed by atoms with Gasteiger partial charge in [-0.05, 0) is 0 Å². The number of halogens is 3. The molecule has 0 bridgehead atoms. The van der Waals surface area contributed by atoms with E-state index in [1.54, 1.807) is 0 Å². The first-order chi connectivity index (χ1) is 5.50. The number of ether oxygens (including phenoxy) is 1. The molecule has 1 aliphatic rings. The summed E-state index contributed by atoms with van der Waals surface area (Å²) in [6, 6.07) is 0. The van der Waals surface area contributed by atoms with Crippen molar-refractivity contribution in [3.63, 3.8) is 0 Å². The van der Waals surface area contributed by atoms with E-state index in [1.165, 1.54) is 0 Å². The molecule has 12 heavy (non-hydrogen) atoms. The number of alkyl halides is 3. The quantitative estimate of drug-likeness (QED) is 0.741. The fourth-order valence-electron chi connectivity index (χ4n) is 0.632. The molecule has 0 aromatic carbocycles. The van der Waals surface area contributed by atoms with E-state index in [-0.39, 0.29) is 11.0 Å². The molecule has 0 amide bonds. The second-order valence-electron chi connectivity index (χ2n) is 2.55. The van der Waals surface area contributed by atoms with Crippen molar-refractivity contribution >= 4 is 11.8 Å². The number of aliphatic hydroxyl groups is 1. The number of thioether (sulfide) groups is 1. The van der Waals surface area contributed by atoms with Crippen LogP contribution in [0, 0.1) is 0 Å². The van der Waals surface area contributed by atoms with Gasteiger partial charge in [-0.3, -0.25) is 0 Å². The lowest BCUT2D eigenvalue weighted by Crippen LogP contribution is -2.35. The van der Waals surface area contributed by atoms with E-state index in [9.17, 15) is 13.2 Å². The number of rotatable bonds is 3. The molecule has 1 atom stereocenters. The Balaban J connectivity index is 2.13. The molecule has 2 nitrogen and oxygen atoms in total. The lowest BCUT2D eigenvalue weighted by atomic mass is 10.4. The van der Waals surface area contributed by atoms with Crippen LogP contribution in [0.4, 0.5) is 13.2 Å². The fourth-order valence-corrected chi connectivity index (χ4v) is 1.66. The van der Waals surface area contributed by atoms with Crippen LogP contribution in [-0.2, 0) is 4.74 Å². The van der Waals surface area contributed by atoms with E-state index in [1.807, 2.05) is 0 Å². The zero-order valence-corrected chi connectivity index (χ0v) is 6.99. The minimum absolute atomic E-state index is 0.127. The van der Waals surface area contributed by atoms with Crippen molar-refractivity contribution in [1.82, 2.24) is 0 Å². The van der Waals surface area contributed by atoms with E-state index in [4.69, 9.17) is 9.84 Å². The largest absolute Gasteiger partial charge is 0.415 e. The third kappa shape index (κ3) is 2.84. The van der Waals surface area contributed by atoms with E-state index in [2.05, 4.69) is 0 Å². The van der Waals surface area contributed by atoms with Gasteiger partial charge in [0, 0.05) is 5.75 Å². The molecule has 0 aromatic rings. The number of aliphatic hydroxyl groups excluding tert-OH is 1. The predicted octanol–water partition coefficient (Wildman–Crippen LogP) is 1.04. The third-order valence-electron chi connectivity index (χ3n) is 1.48.